The summed E-state index contributed by atoms with van der Waals surface area (Å²) in [5, 5.41) is 12.6. The highest BCUT2D eigenvalue weighted by atomic mass is 19.3. The summed E-state index contributed by atoms with van der Waals surface area (Å²) < 4.78 is 28.8. The van der Waals surface area contributed by atoms with Crippen LogP contribution in [0.5, 0.6) is 11.5 Å². The fourth-order valence-corrected chi connectivity index (χ4v) is 2.09. The van der Waals surface area contributed by atoms with Crippen LogP contribution in [0.4, 0.5) is 14.5 Å². The summed E-state index contributed by atoms with van der Waals surface area (Å²) >= 11 is 0. The summed E-state index contributed by atoms with van der Waals surface area (Å²) in [5.74, 6) is 0.330. The van der Waals surface area contributed by atoms with E-state index >= 15 is 0 Å². The monoisotopic (exact) mass is 293 g/mol. The maximum Gasteiger partial charge on any atom is 0.387 e. The van der Waals surface area contributed by atoms with Crippen LogP contribution in [0.1, 0.15) is 24.9 Å². The molecule has 2 aromatic carbocycles. The quantitative estimate of drug-likeness (QED) is 0.820. The number of ether oxygens (including phenoxy) is 1. The fourth-order valence-electron chi connectivity index (χ4n) is 2.09. The van der Waals surface area contributed by atoms with E-state index in [1.165, 1.54) is 12.1 Å². The van der Waals surface area contributed by atoms with E-state index in [4.69, 9.17) is 0 Å². The molecule has 21 heavy (non-hydrogen) atoms. The molecule has 0 heterocycles. The first-order valence-corrected chi connectivity index (χ1v) is 6.69. The Morgan fingerprint density at radius 2 is 1.86 bits per heavy atom. The minimum Gasteiger partial charge on any atom is -0.508 e. The maximum absolute atomic E-state index is 12.2. The second-order valence-electron chi connectivity index (χ2n) is 4.60. The Kier molecular flexibility index (Phi) is 4.98. The topological polar surface area (TPSA) is 41.5 Å². The number of benzene rings is 2. The Hall–Kier alpha value is -2.30. The molecule has 0 aliphatic heterocycles. The third-order valence-electron chi connectivity index (χ3n) is 3.10. The molecule has 0 spiro atoms. The van der Waals surface area contributed by atoms with Crippen molar-refractivity contribution in [3.8, 4) is 11.5 Å². The molecular weight excluding hydrogens is 276 g/mol. The van der Waals surface area contributed by atoms with E-state index in [9.17, 15) is 13.9 Å². The van der Waals surface area contributed by atoms with Crippen LogP contribution in [0, 0.1) is 0 Å². The van der Waals surface area contributed by atoms with Gasteiger partial charge < -0.3 is 15.2 Å². The first-order valence-electron chi connectivity index (χ1n) is 6.69. The molecule has 2 N–H and O–H groups in total. The highest BCUT2D eigenvalue weighted by molar-refractivity contribution is 5.50. The van der Waals surface area contributed by atoms with Gasteiger partial charge in [0, 0.05) is 11.8 Å². The lowest BCUT2D eigenvalue weighted by atomic mass is 10.0. The lowest BCUT2D eigenvalue weighted by molar-refractivity contribution is -0.0498. The smallest absolute Gasteiger partial charge is 0.387 e. The van der Waals surface area contributed by atoms with Gasteiger partial charge in [-0.25, -0.2) is 0 Å². The largest absolute Gasteiger partial charge is 0.508 e. The zero-order chi connectivity index (χ0) is 15.2. The number of aromatic hydroxyl groups is 1. The number of halogens is 2. The molecule has 0 bridgehead atoms. The summed E-state index contributed by atoms with van der Waals surface area (Å²) in [7, 11) is 0. The van der Waals surface area contributed by atoms with Gasteiger partial charge in [0.15, 0.2) is 0 Å². The number of alkyl halides is 2. The number of phenolic OH excluding ortho intramolecular Hbond substituents is 1. The average Bonchev–Trinajstić information content (AvgIpc) is 2.45. The molecule has 0 aromatic heterocycles. The Morgan fingerprint density at radius 1 is 1.14 bits per heavy atom. The standard InChI is InChI=1S/C16H17F2NO2/c1-2-15(11-6-8-13(20)9-7-11)19-12-4-3-5-14(10-12)21-16(17)18/h3-10,15-16,19-20H,2H2,1H3. The average molecular weight is 293 g/mol. The summed E-state index contributed by atoms with van der Waals surface area (Å²) in [6.07, 6.45) is 0.810. The van der Waals surface area contributed by atoms with Crippen molar-refractivity contribution in [2.24, 2.45) is 0 Å². The lowest BCUT2D eigenvalue weighted by Gasteiger charge is -2.19. The molecular formula is C16H17F2NO2. The molecule has 0 fully saturated rings. The molecule has 0 saturated carbocycles. The van der Waals surface area contributed by atoms with Crippen molar-refractivity contribution in [2.75, 3.05) is 5.32 Å². The Balaban J connectivity index is 2.13. The summed E-state index contributed by atoms with van der Waals surface area (Å²) in [5.41, 5.74) is 1.71. The van der Waals surface area contributed by atoms with Gasteiger partial charge in [0.25, 0.3) is 0 Å². The third kappa shape index (κ3) is 4.34. The number of rotatable bonds is 6. The molecule has 0 aliphatic rings. The molecule has 1 unspecified atom stereocenters. The van der Waals surface area contributed by atoms with Gasteiger partial charge >= 0.3 is 6.61 Å². The second-order valence-corrected chi connectivity index (χ2v) is 4.60. The number of phenols is 1. The lowest BCUT2D eigenvalue weighted by Crippen LogP contribution is -2.10. The molecule has 0 aliphatic carbocycles. The van der Waals surface area contributed by atoms with Crippen LogP contribution in [-0.4, -0.2) is 11.7 Å². The Labute approximate surface area is 122 Å². The molecule has 3 nitrogen and oxygen atoms in total. The third-order valence-corrected chi connectivity index (χ3v) is 3.10. The van der Waals surface area contributed by atoms with Crippen molar-refractivity contribution in [1.82, 2.24) is 0 Å². The predicted molar refractivity (Wildman–Crippen MR) is 77.8 cm³/mol. The predicted octanol–water partition coefficient (Wildman–Crippen LogP) is 4.56. The van der Waals surface area contributed by atoms with Crippen molar-refractivity contribution in [3.63, 3.8) is 0 Å². The first-order chi connectivity index (χ1) is 10.1. The Morgan fingerprint density at radius 3 is 2.48 bits per heavy atom. The highest BCUT2D eigenvalue weighted by Crippen LogP contribution is 2.26. The SMILES string of the molecule is CCC(Nc1cccc(OC(F)F)c1)c1ccc(O)cc1. The van der Waals surface area contributed by atoms with Crippen LogP contribution < -0.4 is 10.1 Å². The minimum absolute atomic E-state index is 0.0207. The molecule has 0 saturated heterocycles. The summed E-state index contributed by atoms with van der Waals surface area (Å²) in [6, 6.07) is 13.4. The van der Waals surface area contributed by atoms with E-state index in [2.05, 4.69) is 10.1 Å². The van der Waals surface area contributed by atoms with Gasteiger partial charge in [0.05, 0.1) is 6.04 Å². The van der Waals surface area contributed by atoms with Crippen molar-refractivity contribution < 1.29 is 18.6 Å². The first kappa shape index (κ1) is 15.1. The molecule has 0 amide bonds. The van der Waals surface area contributed by atoms with E-state index in [1.54, 1.807) is 24.3 Å². The fraction of sp³-hybridized carbons (Fsp3) is 0.250. The van der Waals surface area contributed by atoms with Crippen molar-refractivity contribution >= 4 is 5.69 Å². The number of hydrogen-bond acceptors (Lipinski definition) is 3. The van der Waals surface area contributed by atoms with Gasteiger partial charge in [-0.05, 0) is 36.2 Å². The molecule has 112 valence electrons. The normalized spacial score (nSPS) is 12.2. The molecule has 0 radical (unpaired) electrons. The van der Waals surface area contributed by atoms with Crippen molar-refractivity contribution in [3.05, 3.63) is 54.1 Å². The molecule has 2 aromatic rings. The van der Waals surface area contributed by atoms with Crippen LogP contribution >= 0.6 is 0 Å². The van der Waals surface area contributed by atoms with E-state index in [0.29, 0.717) is 5.69 Å². The van der Waals surface area contributed by atoms with E-state index in [1.807, 2.05) is 19.1 Å². The second kappa shape index (κ2) is 6.92. The number of nitrogens with one attached hydrogen (secondary N) is 1. The van der Waals surface area contributed by atoms with Crippen LogP contribution in [-0.2, 0) is 0 Å². The minimum atomic E-state index is -2.83. The molecule has 2 rings (SSSR count). The van der Waals surface area contributed by atoms with Gasteiger partial charge in [-0.15, -0.1) is 0 Å². The van der Waals surface area contributed by atoms with Crippen LogP contribution in [0.3, 0.4) is 0 Å². The van der Waals surface area contributed by atoms with Crippen molar-refractivity contribution in [2.45, 2.75) is 26.0 Å². The highest BCUT2D eigenvalue weighted by Gasteiger charge is 2.10. The maximum atomic E-state index is 12.2. The van der Waals surface area contributed by atoms with Crippen LogP contribution in [0.15, 0.2) is 48.5 Å². The van der Waals surface area contributed by atoms with E-state index in [-0.39, 0.29) is 17.5 Å². The van der Waals surface area contributed by atoms with Crippen molar-refractivity contribution in [1.29, 1.82) is 0 Å². The van der Waals surface area contributed by atoms with Crippen LogP contribution in [0.25, 0.3) is 0 Å². The summed E-state index contributed by atoms with van der Waals surface area (Å²) in [4.78, 5) is 0. The summed E-state index contributed by atoms with van der Waals surface area (Å²) in [6.45, 7) is -0.816. The van der Waals surface area contributed by atoms with Gasteiger partial charge in [-0.2, -0.15) is 8.78 Å². The molecule has 5 heteroatoms. The molecule has 1 atom stereocenters. The Bertz CT molecular complexity index is 573. The number of hydrogen-bond donors (Lipinski definition) is 2. The van der Waals surface area contributed by atoms with Crippen LogP contribution in [0.2, 0.25) is 0 Å². The van der Waals surface area contributed by atoms with Gasteiger partial charge in [0.2, 0.25) is 0 Å². The van der Waals surface area contributed by atoms with Gasteiger partial charge in [-0.1, -0.05) is 25.1 Å². The zero-order valence-electron chi connectivity index (χ0n) is 11.6. The number of anilines is 1. The zero-order valence-corrected chi connectivity index (χ0v) is 11.6. The van der Waals surface area contributed by atoms with E-state index in [0.717, 1.165) is 12.0 Å². The van der Waals surface area contributed by atoms with Gasteiger partial charge in [0.1, 0.15) is 11.5 Å². The van der Waals surface area contributed by atoms with Gasteiger partial charge in [-0.3, -0.25) is 0 Å². The van der Waals surface area contributed by atoms with E-state index < -0.39 is 6.61 Å².